The summed E-state index contributed by atoms with van der Waals surface area (Å²) in [7, 11) is 0. The zero-order chi connectivity index (χ0) is 13.5. The molecule has 108 valence electrons. The standard InChI is InChI=1S/C15H30O2S/c1-2-3-4-7-10-13-18-14-11-8-5-6-9-12-15(16)17/h2-14H2,1H3,(H,16,17). The van der Waals surface area contributed by atoms with E-state index in [1.807, 2.05) is 0 Å². The van der Waals surface area contributed by atoms with E-state index in [0.29, 0.717) is 6.42 Å². The molecule has 2 nitrogen and oxygen atoms in total. The van der Waals surface area contributed by atoms with Crippen molar-refractivity contribution in [1.82, 2.24) is 0 Å². The van der Waals surface area contributed by atoms with Gasteiger partial charge in [-0.15, -0.1) is 0 Å². The molecule has 0 saturated heterocycles. The highest BCUT2D eigenvalue weighted by Gasteiger charge is 1.96. The van der Waals surface area contributed by atoms with Gasteiger partial charge in [-0.1, -0.05) is 51.9 Å². The number of carboxylic acids is 1. The average Bonchev–Trinajstić information content (AvgIpc) is 2.34. The van der Waals surface area contributed by atoms with Crippen LogP contribution in [0.5, 0.6) is 0 Å². The molecular formula is C15H30O2S. The van der Waals surface area contributed by atoms with Crippen LogP contribution in [0.3, 0.4) is 0 Å². The monoisotopic (exact) mass is 274 g/mol. The smallest absolute Gasteiger partial charge is 0.303 e. The van der Waals surface area contributed by atoms with Crippen LogP contribution in [0.25, 0.3) is 0 Å². The molecule has 3 heteroatoms. The molecule has 0 heterocycles. The number of hydrogen-bond donors (Lipinski definition) is 1. The van der Waals surface area contributed by atoms with Gasteiger partial charge in [0.05, 0.1) is 0 Å². The van der Waals surface area contributed by atoms with Crippen LogP contribution in [0.2, 0.25) is 0 Å². The second kappa shape index (κ2) is 14.9. The topological polar surface area (TPSA) is 37.3 Å². The predicted molar refractivity (Wildman–Crippen MR) is 81.4 cm³/mol. The van der Waals surface area contributed by atoms with Crippen LogP contribution in [0.4, 0.5) is 0 Å². The SMILES string of the molecule is CCCCCCCSCCCCCCCC(=O)O. The molecule has 0 aliphatic heterocycles. The van der Waals surface area contributed by atoms with Gasteiger partial charge in [0.2, 0.25) is 0 Å². The second-order valence-electron chi connectivity index (χ2n) is 4.94. The summed E-state index contributed by atoms with van der Waals surface area (Å²) in [4.78, 5) is 10.3. The Morgan fingerprint density at radius 2 is 1.33 bits per heavy atom. The highest BCUT2D eigenvalue weighted by atomic mass is 32.2. The van der Waals surface area contributed by atoms with E-state index in [4.69, 9.17) is 5.11 Å². The lowest BCUT2D eigenvalue weighted by molar-refractivity contribution is -0.137. The zero-order valence-electron chi connectivity index (χ0n) is 12.0. The maximum absolute atomic E-state index is 10.3. The van der Waals surface area contributed by atoms with E-state index in [0.717, 1.165) is 12.8 Å². The normalized spacial score (nSPS) is 10.7. The van der Waals surface area contributed by atoms with Crippen molar-refractivity contribution in [2.24, 2.45) is 0 Å². The summed E-state index contributed by atoms with van der Waals surface area (Å²) in [5.41, 5.74) is 0. The molecule has 1 N–H and O–H groups in total. The summed E-state index contributed by atoms with van der Waals surface area (Å²) < 4.78 is 0. The van der Waals surface area contributed by atoms with Crippen LogP contribution in [-0.4, -0.2) is 22.6 Å². The Kier molecular flexibility index (Phi) is 14.7. The van der Waals surface area contributed by atoms with Gasteiger partial charge in [-0.2, -0.15) is 11.8 Å². The van der Waals surface area contributed by atoms with Crippen molar-refractivity contribution in [3.05, 3.63) is 0 Å². The predicted octanol–water partition coefficient (Wildman–Crippen LogP) is 5.12. The summed E-state index contributed by atoms with van der Waals surface area (Å²) in [5.74, 6) is 1.95. The van der Waals surface area contributed by atoms with Crippen molar-refractivity contribution in [2.75, 3.05) is 11.5 Å². The minimum atomic E-state index is -0.659. The van der Waals surface area contributed by atoms with Gasteiger partial charge in [0.15, 0.2) is 0 Å². The molecule has 0 fully saturated rings. The van der Waals surface area contributed by atoms with Gasteiger partial charge in [-0.3, -0.25) is 4.79 Å². The van der Waals surface area contributed by atoms with E-state index in [1.54, 1.807) is 0 Å². The first-order chi connectivity index (χ1) is 8.77. The molecule has 0 saturated carbocycles. The molecule has 0 aromatic heterocycles. The van der Waals surface area contributed by atoms with E-state index < -0.39 is 5.97 Å². The third-order valence-electron chi connectivity index (χ3n) is 3.07. The van der Waals surface area contributed by atoms with E-state index in [1.165, 1.54) is 62.9 Å². The molecule has 0 rings (SSSR count). The minimum absolute atomic E-state index is 0.340. The molecule has 0 aliphatic carbocycles. The van der Waals surface area contributed by atoms with Crippen LogP contribution in [0.1, 0.15) is 77.6 Å². The highest BCUT2D eigenvalue weighted by Crippen LogP contribution is 2.12. The van der Waals surface area contributed by atoms with E-state index in [-0.39, 0.29) is 0 Å². The zero-order valence-corrected chi connectivity index (χ0v) is 12.8. The molecule has 18 heavy (non-hydrogen) atoms. The lowest BCUT2D eigenvalue weighted by Crippen LogP contribution is -1.93. The van der Waals surface area contributed by atoms with Gasteiger partial charge in [0.1, 0.15) is 0 Å². The van der Waals surface area contributed by atoms with Gasteiger partial charge in [0, 0.05) is 6.42 Å². The third-order valence-corrected chi connectivity index (χ3v) is 4.23. The molecule has 0 aromatic rings. The fourth-order valence-corrected chi connectivity index (χ4v) is 2.94. The van der Waals surface area contributed by atoms with Crippen LogP contribution >= 0.6 is 11.8 Å². The van der Waals surface area contributed by atoms with Crippen molar-refractivity contribution < 1.29 is 9.90 Å². The van der Waals surface area contributed by atoms with Gasteiger partial charge < -0.3 is 5.11 Å². The fourth-order valence-electron chi connectivity index (χ4n) is 1.92. The molecule has 0 amide bonds. The van der Waals surface area contributed by atoms with Crippen molar-refractivity contribution in [1.29, 1.82) is 0 Å². The van der Waals surface area contributed by atoms with Crippen molar-refractivity contribution in [3.63, 3.8) is 0 Å². The largest absolute Gasteiger partial charge is 0.481 e. The van der Waals surface area contributed by atoms with Crippen LogP contribution in [0.15, 0.2) is 0 Å². The number of carbonyl (C=O) groups is 1. The lowest BCUT2D eigenvalue weighted by atomic mass is 10.1. The summed E-state index contributed by atoms with van der Waals surface area (Å²) in [6.45, 7) is 2.26. The quantitative estimate of drug-likeness (QED) is 0.447. The Morgan fingerprint density at radius 3 is 1.89 bits per heavy atom. The Balaban J connectivity index is 2.92. The van der Waals surface area contributed by atoms with Crippen molar-refractivity contribution in [3.8, 4) is 0 Å². The number of aliphatic carboxylic acids is 1. The summed E-state index contributed by atoms with van der Waals surface area (Å²) >= 11 is 2.09. The number of unbranched alkanes of at least 4 members (excludes halogenated alkanes) is 8. The van der Waals surface area contributed by atoms with Crippen molar-refractivity contribution in [2.45, 2.75) is 77.6 Å². The Hall–Kier alpha value is -0.180. The van der Waals surface area contributed by atoms with E-state index >= 15 is 0 Å². The fraction of sp³-hybridized carbons (Fsp3) is 0.933. The molecule has 0 atom stereocenters. The summed E-state index contributed by atoms with van der Waals surface area (Å²) in [6.07, 6.45) is 12.9. The average molecular weight is 274 g/mol. The van der Waals surface area contributed by atoms with Crippen LogP contribution in [-0.2, 0) is 4.79 Å². The number of hydrogen-bond acceptors (Lipinski definition) is 2. The maximum atomic E-state index is 10.3. The molecule has 0 unspecified atom stereocenters. The van der Waals surface area contributed by atoms with Crippen LogP contribution in [0, 0.1) is 0 Å². The Labute approximate surface area is 117 Å². The third kappa shape index (κ3) is 15.8. The molecule has 0 aliphatic rings. The number of rotatable bonds is 14. The van der Waals surface area contributed by atoms with E-state index in [2.05, 4.69) is 18.7 Å². The second-order valence-corrected chi connectivity index (χ2v) is 6.16. The first-order valence-corrected chi connectivity index (χ1v) is 8.72. The lowest BCUT2D eigenvalue weighted by Gasteiger charge is -2.02. The Bertz CT molecular complexity index is 183. The molecule has 0 aromatic carbocycles. The molecule has 0 bridgehead atoms. The first kappa shape index (κ1) is 17.8. The molecule has 0 spiro atoms. The van der Waals surface area contributed by atoms with Crippen LogP contribution < -0.4 is 0 Å². The Morgan fingerprint density at radius 1 is 0.833 bits per heavy atom. The number of carboxylic acid groups (broad SMARTS) is 1. The first-order valence-electron chi connectivity index (χ1n) is 7.57. The maximum Gasteiger partial charge on any atom is 0.303 e. The van der Waals surface area contributed by atoms with Gasteiger partial charge in [-0.05, 0) is 30.8 Å². The van der Waals surface area contributed by atoms with Gasteiger partial charge >= 0.3 is 5.97 Å². The van der Waals surface area contributed by atoms with Crippen molar-refractivity contribution >= 4 is 17.7 Å². The number of thioether (sulfide) groups is 1. The van der Waals surface area contributed by atoms with E-state index in [9.17, 15) is 4.79 Å². The summed E-state index contributed by atoms with van der Waals surface area (Å²) in [5, 5.41) is 8.49. The highest BCUT2D eigenvalue weighted by molar-refractivity contribution is 7.99. The van der Waals surface area contributed by atoms with Gasteiger partial charge in [-0.25, -0.2) is 0 Å². The molecular weight excluding hydrogens is 244 g/mol. The minimum Gasteiger partial charge on any atom is -0.481 e. The van der Waals surface area contributed by atoms with Gasteiger partial charge in [0.25, 0.3) is 0 Å². The summed E-state index contributed by atoms with van der Waals surface area (Å²) in [6, 6.07) is 0. The molecule has 0 radical (unpaired) electrons.